The van der Waals surface area contributed by atoms with Gasteiger partial charge >= 0.3 is 0 Å². The van der Waals surface area contributed by atoms with E-state index >= 15 is 0 Å². The Balaban J connectivity index is 2.03. The first-order valence-corrected chi connectivity index (χ1v) is 6.55. The lowest BCUT2D eigenvalue weighted by atomic mass is 10.3. The highest BCUT2D eigenvalue weighted by Crippen LogP contribution is 2.29. The molecule has 0 saturated heterocycles. The van der Waals surface area contributed by atoms with Gasteiger partial charge in [0.2, 0.25) is 0 Å². The van der Waals surface area contributed by atoms with Crippen LogP contribution in [0.2, 0.25) is 0 Å². The molecule has 4 heteroatoms. The molecule has 3 nitrogen and oxygen atoms in total. The van der Waals surface area contributed by atoms with E-state index in [4.69, 9.17) is 9.26 Å². The Morgan fingerprint density at radius 1 is 1.35 bits per heavy atom. The summed E-state index contributed by atoms with van der Waals surface area (Å²) in [6, 6.07) is 9.91. The zero-order chi connectivity index (χ0) is 12.1. The normalized spacial score (nSPS) is 10.5. The van der Waals surface area contributed by atoms with Gasteiger partial charge in [0.15, 0.2) is 5.76 Å². The summed E-state index contributed by atoms with van der Waals surface area (Å²) < 4.78 is 10.8. The third kappa shape index (κ3) is 3.27. The number of nitrogens with zero attached hydrogens (tertiary/aromatic N) is 1. The molecule has 0 saturated carbocycles. The van der Waals surface area contributed by atoms with Gasteiger partial charge in [-0.05, 0) is 24.8 Å². The summed E-state index contributed by atoms with van der Waals surface area (Å²) >= 11 is 1.77. The molecule has 0 bridgehead atoms. The minimum absolute atomic E-state index is 0.419. The smallest absolute Gasteiger partial charge is 0.174 e. The van der Waals surface area contributed by atoms with Crippen molar-refractivity contribution in [3.8, 4) is 5.75 Å². The zero-order valence-electron chi connectivity index (χ0n) is 9.97. The predicted molar refractivity (Wildman–Crippen MR) is 68.4 cm³/mol. The minimum Gasteiger partial charge on any atom is -0.484 e. The lowest BCUT2D eigenvalue weighted by Crippen LogP contribution is -1.95. The highest BCUT2D eigenvalue weighted by Gasteiger charge is 2.05. The van der Waals surface area contributed by atoms with Crippen molar-refractivity contribution in [2.75, 3.05) is 5.75 Å². The molecule has 0 atom stereocenters. The number of hydrogen-bond acceptors (Lipinski definition) is 4. The lowest BCUT2D eigenvalue weighted by Gasteiger charge is -2.08. The van der Waals surface area contributed by atoms with Gasteiger partial charge in [-0.25, -0.2) is 0 Å². The molecule has 0 radical (unpaired) electrons. The highest BCUT2D eigenvalue weighted by molar-refractivity contribution is 7.99. The van der Waals surface area contributed by atoms with Gasteiger partial charge in [0.05, 0.1) is 5.69 Å². The fourth-order valence-electron chi connectivity index (χ4n) is 1.48. The van der Waals surface area contributed by atoms with Gasteiger partial charge in [-0.3, -0.25) is 0 Å². The average molecular weight is 249 g/mol. The van der Waals surface area contributed by atoms with Crippen molar-refractivity contribution in [3.63, 3.8) is 0 Å². The molecule has 0 spiro atoms. The van der Waals surface area contributed by atoms with Crippen LogP contribution in [0.25, 0.3) is 0 Å². The van der Waals surface area contributed by atoms with E-state index < -0.39 is 0 Å². The first-order valence-electron chi connectivity index (χ1n) is 5.56. The van der Waals surface area contributed by atoms with Crippen molar-refractivity contribution in [1.82, 2.24) is 5.16 Å². The number of benzene rings is 1. The second-order valence-electron chi connectivity index (χ2n) is 3.60. The molecule has 1 aromatic heterocycles. The predicted octanol–water partition coefficient (Wildman–Crippen LogP) is 3.67. The van der Waals surface area contributed by atoms with Crippen LogP contribution in [0.15, 0.2) is 39.8 Å². The summed E-state index contributed by atoms with van der Waals surface area (Å²) in [5.74, 6) is 2.68. The summed E-state index contributed by atoms with van der Waals surface area (Å²) in [5.41, 5.74) is 0.875. The molecule has 0 aliphatic rings. The number of rotatable bonds is 5. The van der Waals surface area contributed by atoms with E-state index in [1.165, 1.54) is 0 Å². The first kappa shape index (κ1) is 12.0. The van der Waals surface area contributed by atoms with Crippen molar-refractivity contribution in [2.24, 2.45) is 0 Å². The van der Waals surface area contributed by atoms with Crippen LogP contribution < -0.4 is 4.74 Å². The van der Waals surface area contributed by atoms with E-state index in [9.17, 15) is 0 Å². The Hall–Kier alpha value is -1.42. The van der Waals surface area contributed by atoms with Crippen molar-refractivity contribution in [2.45, 2.75) is 25.3 Å². The molecule has 0 aliphatic carbocycles. The first-order chi connectivity index (χ1) is 8.29. The topological polar surface area (TPSA) is 35.3 Å². The number of para-hydroxylation sites is 1. The van der Waals surface area contributed by atoms with Crippen LogP contribution in [0.3, 0.4) is 0 Å². The Labute approximate surface area is 105 Å². The van der Waals surface area contributed by atoms with Crippen LogP contribution in [0.4, 0.5) is 0 Å². The molecule has 0 N–H and O–H groups in total. The molecule has 1 heterocycles. The van der Waals surface area contributed by atoms with Crippen molar-refractivity contribution >= 4 is 11.8 Å². The van der Waals surface area contributed by atoms with E-state index in [1.807, 2.05) is 31.2 Å². The van der Waals surface area contributed by atoms with Crippen LogP contribution in [0, 0.1) is 6.92 Å². The summed E-state index contributed by atoms with van der Waals surface area (Å²) in [7, 11) is 0. The number of aromatic nitrogens is 1. The maximum absolute atomic E-state index is 5.73. The fourth-order valence-corrected chi connectivity index (χ4v) is 2.23. The van der Waals surface area contributed by atoms with Crippen molar-refractivity contribution < 1.29 is 9.26 Å². The second-order valence-corrected chi connectivity index (χ2v) is 4.91. The third-order valence-corrected chi connectivity index (χ3v) is 3.13. The Bertz CT molecular complexity index is 482. The molecule has 1 aromatic carbocycles. The van der Waals surface area contributed by atoms with E-state index in [2.05, 4.69) is 18.1 Å². The number of thioether (sulfide) groups is 1. The molecule has 17 heavy (non-hydrogen) atoms. The quantitative estimate of drug-likeness (QED) is 0.757. The molecular weight excluding hydrogens is 234 g/mol. The van der Waals surface area contributed by atoms with Gasteiger partial charge in [-0.1, -0.05) is 24.2 Å². The summed E-state index contributed by atoms with van der Waals surface area (Å²) in [6.45, 7) is 4.44. The Kier molecular flexibility index (Phi) is 4.09. The molecule has 0 fully saturated rings. The Morgan fingerprint density at radius 2 is 2.18 bits per heavy atom. The standard InChI is InChI=1S/C13H15NO2S/c1-3-17-13-7-5-4-6-12(13)15-9-11-8-10(2)14-16-11/h4-8H,3,9H2,1-2H3. The van der Waals surface area contributed by atoms with Gasteiger partial charge in [0.25, 0.3) is 0 Å². The molecule has 2 aromatic rings. The lowest BCUT2D eigenvalue weighted by molar-refractivity contribution is 0.244. The summed E-state index contributed by atoms with van der Waals surface area (Å²) in [6.07, 6.45) is 0. The van der Waals surface area contributed by atoms with Crippen LogP contribution in [-0.4, -0.2) is 10.9 Å². The SMILES string of the molecule is CCSc1ccccc1OCc1cc(C)no1. The number of hydrogen-bond donors (Lipinski definition) is 0. The van der Waals surface area contributed by atoms with Gasteiger partial charge in [-0.15, -0.1) is 11.8 Å². The van der Waals surface area contributed by atoms with Gasteiger partial charge in [0.1, 0.15) is 12.4 Å². The minimum atomic E-state index is 0.419. The van der Waals surface area contributed by atoms with Gasteiger partial charge in [-0.2, -0.15) is 0 Å². The van der Waals surface area contributed by atoms with Crippen LogP contribution >= 0.6 is 11.8 Å². The molecule has 0 unspecified atom stereocenters. The van der Waals surface area contributed by atoms with Crippen LogP contribution in [0.5, 0.6) is 5.75 Å². The second kappa shape index (κ2) is 5.77. The molecule has 2 rings (SSSR count). The number of ether oxygens (including phenoxy) is 1. The largest absolute Gasteiger partial charge is 0.484 e. The monoisotopic (exact) mass is 249 g/mol. The van der Waals surface area contributed by atoms with E-state index in [1.54, 1.807) is 11.8 Å². The molecule has 0 aliphatic heterocycles. The molecular formula is C13H15NO2S. The third-order valence-electron chi connectivity index (χ3n) is 2.20. The Morgan fingerprint density at radius 3 is 2.88 bits per heavy atom. The van der Waals surface area contributed by atoms with Gasteiger partial charge in [0, 0.05) is 11.0 Å². The fraction of sp³-hybridized carbons (Fsp3) is 0.308. The van der Waals surface area contributed by atoms with E-state index in [0.29, 0.717) is 6.61 Å². The maximum atomic E-state index is 5.73. The van der Waals surface area contributed by atoms with Crippen LogP contribution in [0.1, 0.15) is 18.4 Å². The van der Waals surface area contributed by atoms with Crippen LogP contribution in [-0.2, 0) is 6.61 Å². The van der Waals surface area contributed by atoms with Crippen molar-refractivity contribution in [1.29, 1.82) is 0 Å². The van der Waals surface area contributed by atoms with Crippen molar-refractivity contribution in [3.05, 3.63) is 41.8 Å². The zero-order valence-corrected chi connectivity index (χ0v) is 10.8. The average Bonchev–Trinajstić information content (AvgIpc) is 2.74. The van der Waals surface area contributed by atoms with E-state index in [0.717, 1.165) is 27.9 Å². The maximum Gasteiger partial charge on any atom is 0.174 e. The summed E-state index contributed by atoms with van der Waals surface area (Å²) in [5, 5.41) is 3.83. The number of aryl methyl sites for hydroxylation is 1. The molecule has 0 amide bonds. The van der Waals surface area contributed by atoms with E-state index in [-0.39, 0.29) is 0 Å². The molecule has 90 valence electrons. The summed E-state index contributed by atoms with van der Waals surface area (Å²) in [4.78, 5) is 1.16. The van der Waals surface area contributed by atoms with Gasteiger partial charge < -0.3 is 9.26 Å². The highest BCUT2D eigenvalue weighted by atomic mass is 32.2.